The van der Waals surface area contributed by atoms with Gasteiger partial charge in [-0.15, -0.1) is 0 Å². The zero-order chi connectivity index (χ0) is 14.8. The van der Waals surface area contributed by atoms with Crippen LogP contribution < -0.4 is 10.2 Å². The molecule has 1 atom stereocenters. The highest BCUT2D eigenvalue weighted by molar-refractivity contribution is 5.69. The number of hydrogen-bond donors (Lipinski definition) is 1. The molecule has 2 nitrogen and oxygen atoms in total. The second-order valence-electron chi connectivity index (χ2n) is 5.42. The van der Waals surface area contributed by atoms with Crippen LogP contribution in [-0.4, -0.2) is 25.7 Å². The van der Waals surface area contributed by atoms with Crippen molar-refractivity contribution in [2.45, 2.75) is 13.0 Å². The minimum absolute atomic E-state index is 0.286. The summed E-state index contributed by atoms with van der Waals surface area (Å²) in [5, 5.41) is 3.31. The van der Waals surface area contributed by atoms with Gasteiger partial charge in [-0.2, -0.15) is 0 Å². The molecule has 1 fully saturated rings. The Morgan fingerprint density at radius 1 is 1.14 bits per heavy atom. The summed E-state index contributed by atoms with van der Waals surface area (Å²) in [5.74, 6) is -0.668. The van der Waals surface area contributed by atoms with Crippen molar-refractivity contribution < 1.29 is 8.78 Å². The van der Waals surface area contributed by atoms with Gasteiger partial charge < -0.3 is 10.2 Å². The molecular formula is C17H18F2N2. The van der Waals surface area contributed by atoms with Crippen molar-refractivity contribution in [3.63, 3.8) is 0 Å². The first-order chi connectivity index (χ1) is 10.1. The monoisotopic (exact) mass is 288 g/mol. The molecule has 0 unspecified atom stereocenters. The molecule has 2 aromatic carbocycles. The largest absolute Gasteiger partial charge is 0.366 e. The number of nitrogens with one attached hydrogen (secondary N) is 1. The Kier molecular flexibility index (Phi) is 3.88. The van der Waals surface area contributed by atoms with Crippen LogP contribution in [0.2, 0.25) is 0 Å². The second kappa shape index (κ2) is 5.82. The predicted octanol–water partition coefficient (Wildman–Crippen LogP) is 3.43. The maximum Gasteiger partial charge on any atom is 0.131 e. The molecule has 1 saturated heterocycles. The molecule has 1 heterocycles. The third-order valence-corrected chi connectivity index (χ3v) is 3.90. The number of nitrogens with zero attached hydrogens (tertiary/aromatic N) is 1. The van der Waals surface area contributed by atoms with Crippen LogP contribution in [0, 0.1) is 11.6 Å². The van der Waals surface area contributed by atoms with E-state index in [4.69, 9.17) is 0 Å². The third-order valence-electron chi connectivity index (χ3n) is 3.90. The topological polar surface area (TPSA) is 15.3 Å². The van der Waals surface area contributed by atoms with Crippen LogP contribution >= 0.6 is 0 Å². The van der Waals surface area contributed by atoms with Crippen molar-refractivity contribution in [1.29, 1.82) is 0 Å². The van der Waals surface area contributed by atoms with Gasteiger partial charge in [0.05, 0.1) is 0 Å². The van der Waals surface area contributed by atoms with E-state index in [9.17, 15) is 8.78 Å². The summed E-state index contributed by atoms with van der Waals surface area (Å²) in [6, 6.07) is 11.5. The van der Waals surface area contributed by atoms with Crippen molar-refractivity contribution in [1.82, 2.24) is 5.32 Å². The number of hydrogen-bond acceptors (Lipinski definition) is 2. The Labute approximate surface area is 123 Å². The molecule has 0 aromatic heterocycles. The van der Waals surface area contributed by atoms with Crippen LogP contribution in [0.5, 0.6) is 0 Å². The first-order valence-corrected chi connectivity index (χ1v) is 7.18. The summed E-state index contributed by atoms with van der Waals surface area (Å²) in [6.45, 7) is 4.66. The van der Waals surface area contributed by atoms with Crippen LogP contribution in [0.4, 0.5) is 14.5 Å². The molecule has 0 amide bonds. The lowest BCUT2D eigenvalue weighted by Gasteiger charge is -2.36. The lowest BCUT2D eigenvalue weighted by atomic mass is 10.0. The number of halogens is 2. The zero-order valence-electron chi connectivity index (χ0n) is 11.9. The summed E-state index contributed by atoms with van der Waals surface area (Å²) in [6.07, 6.45) is 0. The first kappa shape index (κ1) is 14.0. The van der Waals surface area contributed by atoms with Gasteiger partial charge in [-0.1, -0.05) is 18.2 Å². The molecule has 0 radical (unpaired) electrons. The minimum atomic E-state index is -0.337. The van der Waals surface area contributed by atoms with E-state index in [1.54, 1.807) is 18.2 Å². The van der Waals surface area contributed by atoms with Crippen LogP contribution in [0.3, 0.4) is 0 Å². The van der Waals surface area contributed by atoms with Gasteiger partial charge in [0.1, 0.15) is 11.6 Å². The lowest BCUT2D eigenvalue weighted by molar-refractivity contribution is 0.499. The highest BCUT2D eigenvalue weighted by Gasteiger charge is 2.19. The summed E-state index contributed by atoms with van der Waals surface area (Å²) in [4.78, 5) is 2.16. The standard InChI is InChI=1S/C17H18F2N2/c1-12-11-20-6-7-21(12)15-9-13(8-14(18)10-15)16-4-2-3-5-17(16)19/h2-5,8-10,12,20H,6-7,11H2,1H3/t12-/m1/s1. The van der Waals surface area contributed by atoms with E-state index in [0.29, 0.717) is 11.1 Å². The highest BCUT2D eigenvalue weighted by atomic mass is 19.1. The van der Waals surface area contributed by atoms with Crippen molar-refractivity contribution >= 4 is 5.69 Å². The van der Waals surface area contributed by atoms with Gasteiger partial charge >= 0.3 is 0 Å². The summed E-state index contributed by atoms with van der Waals surface area (Å²) >= 11 is 0. The first-order valence-electron chi connectivity index (χ1n) is 7.18. The third kappa shape index (κ3) is 2.90. The molecule has 0 aliphatic carbocycles. The van der Waals surface area contributed by atoms with Gasteiger partial charge in [0.25, 0.3) is 0 Å². The fourth-order valence-corrected chi connectivity index (χ4v) is 2.82. The fourth-order valence-electron chi connectivity index (χ4n) is 2.82. The maximum atomic E-state index is 14.0. The summed E-state index contributed by atoms with van der Waals surface area (Å²) in [7, 11) is 0. The molecule has 0 bridgehead atoms. The van der Waals surface area contributed by atoms with Crippen molar-refractivity contribution in [3.05, 3.63) is 54.1 Å². The SMILES string of the molecule is C[C@@H]1CNCCN1c1cc(F)cc(-c2ccccc2F)c1. The molecule has 4 heteroatoms. The number of rotatable bonds is 2. The van der Waals surface area contributed by atoms with E-state index < -0.39 is 0 Å². The Morgan fingerprint density at radius 3 is 2.71 bits per heavy atom. The van der Waals surface area contributed by atoms with E-state index in [1.165, 1.54) is 18.2 Å². The normalized spacial score (nSPS) is 18.8. The average molecular weight is 288 g/mol. The number of piperazine rings is 1. The van der Waals surface area contributed by atoms with Gasteiger partial charge in [0, 0.05) is 36.9 Å². The van der Waals surface area contributed by atoms with Gasteiger partial charge in [0.2, 0.25) is 0 Å². The van der Waals surface area contributed by atoms with Crippen LogP contribution in [0.1, 0.15) is 6.92 Å². The van der Waals surface area contributed by atoms with E-state index in [0.717, 1.165) is 25.3 Å². The average Bonchev–Trinajstić information content (AvgIpc) is 2.47. The van der Waals surface area contributed by atoms with Crippen molar-refractivity contribution in [2.75, 3.05) is 24.5 Å². The van der Waals surface area contributed by atoms with E-state index >= 15 is 0 Å². The van der Waals surface area contributed by atoms with Crippen molar-refractivity contribution in [2.24, 2.45) is 0 Å². The summed E-state index contributed by atoms with van der Waals surface area (Å²) < 4.78 is 27.9. The van der Waals surface area contributed by atoms with Gasteiger partial charge in [-0.25, -0.2) is 8.78 Å². The lowest BCUT2D eigenvalue weighted by Crippen LogP contribution is -2.49. The molecule has 0 spiro atoms. The number of benzene rings is 2. The quantitative estimate of drug-likeness (QED) is 0.911. The molecule has 3 rings (SSSR count). The van der Waals surface area contributed by atoms with Crippen LogP contribution in [0.15, 0.2) is 42.5 Å². The Bertz CT molecular complexity index is 642. The minimum Gasteiger partial charge on any atom is -0.366 e. The van der Waals surface area contributed by atoms with Crippen LogP contribution in [0.25, 0.3) is 11.1 Å². The van der Waals surface area contributed by atoms with Gasteiger partial charge in [-0.3, -0.25) is 0 Å². The molecule has 1 aliphatic heterocycles. The highest BCUT2D eigenvalue weighted by Crippen LogP contribution is 2.29. The van der Waals surface area contributed by atoms with E-state index in [1.807, 2.05) is 6.07 Å². The second-order valence-corrected chi connectivity index (χ2v) is 5.42. The predicted molar refractivity (Wildman–Crippen MR) is 81.5 cm³/mol. The smallest absolute Gasteiger partial charge is 0.131 e. The zero-order valence-corrected chi connectivity index (χ0v) is 11.9. The fraction of sp³-hybridized carbons (Fsp3) is 0.294. The molecule has 0 saturated carbocycles. The van der Waals surface area contributed by atoms with Gasteiger partial charge in [-0.05, 0) is 36.8 Å². The Hall–Kier alpha value is -1.94. The molecule has 110 valence electrons. The molecular weight excluding hydrogens is 270 g/mol. The Balaban J connectivity index is 2.02. The molecule has 2 aromatic rings. The molecule has 21 heavy (non-hydrogen) atoms. The summed E-state index contributed by atoms with van der Waals surface area (Å²) in [5.41, 5.74) is 1.82. The van der Waals surface area contributed by atoms with Gasteiger partial charge in [0.15, 0.2) is 0 Å². The maximum absolute atomic E-state index is 14.0. The van der Waals surface area contributed by atoms with Crippen LogP contribution in [-0.2, 0) is 0 Å². The number of anilines is 1. The van der Waals surface area contributed by atoms with Crippen molar-refractivity contribution in [3.8, 4) is 11.1 Å². The molecule has 1 N–H and O–H groups in total. The van der Waals surface area contributed by atoms with E-state index in [-0.39, 0.29) is 17.7 Å². The molecule has 1 aliphatic rings. The Morgan fingerprint density at radius 2 is 1.95 bits per heavy atom. The van der Waals surface area contributed by atoms with E-state index in [2.05, 4.69) is 17.1 Å².